The van der Waals surface area contributed by atoms with Crippen LogP contribution >= 0.6 is 0 Å². The Hall–Kier alpha value is -0.120. The first-order chi connectivity index (χ1) is 9.78. The van der Waals surface area contributed by atoms with E-state index in [1.54, 1.807) is 0 Å². The van der Waals surface area contributed by atoms with E-state index in [2.05, 4.69) is 6.92 Å². The summed E-state index contributed by atoms with van der Waals surface area (Å²) < 4.78 is 11.9. The van der Waals surface area contributed by atoms with Gasteiger partial charge in [-0.2, -0.15) is 0 Å². The van der Waals surface area contributed by atoms with E-state index < -0.39 is 0 Å². The van der Waals surface area contributed by atoms with Crippen LogP contribution in [0.4, 0.5) is 0 Å². The van der Waals surface area contributed by atoms with Gasteiger partial charge in [0.05, 0.1) is 11.7 Å². The molecule has 0 spiro atoms. The van der Waals surface area contributed by atoms with Gasteiger partial charge in [0.2, 0.25) is 0 Å². The Morgan fingerprint density at radius 2 is 2.00 bits per heavy atom. The van der Waals surface area contributed by atoms with Crippen molar-refractivity contribution in [2.75, 3.05) is 19.8 Å². The molecule has 0 amide bonds. The highest BCUT2D eigenvalue weighted by molar-refractivity contribution is 4.88. The molecule has 1 saturated heterocycles. The molecule has 0 aromatic heterocycles. The summed E-state index contributed by atoms with van der Waals surface area (Å²) in [7, 11) is 0. The molecular weight excluding hydrogens is 250 g/mol. The Morgan fingerprint density at radius 3 is 2.60 bits per heavy atom. The lowest BCUT2D eigenvalue weighted by Crippen LogP contribution is -2.44. The fourth-order valence-electron chi connectivity index (χ4n) is 3.78. The van der Waals surface area contributed by atoms with Gasteiger partial charge in [-0.05, 0) is 57.3 Å². The minimum Gasteiger partial charge on any atom is -0.378 e. The van der Waals surface area contributed by atoms with Crippen molar-refractivity contribution in [3.05, 3.63) is 0 Å². The Morgan fingerprint density at radius 1 is 1.20 bits per heavy atom. The standard InChI is InChI=1S/C17H33NO2/c1-2-5-15-8-10-17(14-18,11-9-15)20-13-4-7-16-6-3-12-19-16/h15-16H,2-14,18H2,1H3. The molecule has 0 bridgehead atoms. The highest BCUT2D eigenvalue weighted by Crippen LogP contribution is 2.36. The molecule has 3 heteroatoms. The Bertz CT molecular complexity index is 256. The third-order valence-electron chi connectivity index (χ3n) is 5.19. The maximum absolute atomic E-state index is 6.23. The fraction of sp³-hybridized carbons (Fsp3) is 1.00. The second-order valence-electron chi connectivity index (χ2n) is 6.74. The van der Waals surface area contributed by atoms with Crippen molar-refractivity contribution in [1.29, 1.82) is 0 Å². The minimum absolute atomic E-state index is 0.0131. The van der Waals surface area contributed by atoms with E-state index >= 15 is 0 Å². The predicted molar refractivity (Wildman–Crippen MR) is 82.8 cm³/mol. The lowest BCUT2D eigenvalue weighted by atomic mass is 9.77. The molecule has 0 aromatic carbocycles. The molecule has 1 aliphatic carbocycles. The van der Waals surface area contributed by atoms with Crippen LogP contribution in [0.5, 0.6) is 0 Å². The molecule has 2 rings (SSSR count). The van der Waals surface area contributed by atoms with E-state index in [0.29, 0.717) is 12.6 Å². The molecule has 2 N–H and O–H groups in total. The number of ether oxygens (including phenoxy) is 2. The van der Waals surface area contributed by atoms with E-state index in [-0.39, 0.29) is 5.60 Å². The van der Waals surface area contributed by atoms with Crippen molar-refractivity contribution in [3.63, 3.8) is 0 Å². The van der Waals surface area contributed by atoms with Gasteiger partial charge in [-0.3, -0.25) is 0 Å². The van der Waals surface area contributed by atoms with E-state index in [4.69, 9.17) is 15.2 Å². The lowest BCUT2D eigenvalue weighted by Gasteiger charge is -2.39. The van der Waals surface area contributed by atoms with E-state index in [1.165, 1.54) is 38.5 Å². The maximum atomic E-state index is 6.23. The molecule has 2 aliphatic rings. The van der Waals surface area contributed by atoms with Crippen molar-refractivity contribution in [1.82, 2.24) is 0 Å². The van der Waals surface area contributed by atoms with Gasteiger partial charge in [-0.1, -0.05) is 19.8 Å². The van der Waals surface area contributed by atoms with Gasteiger partial charge < -0.3 is 15.2 Å². The highest BCUT2D eigenvalue weighted by Gasteiger charge is 2.34. The van der Waals surface area contributed by atoms with Crippen molar-refractivity contribution in [3.8, 4) is 0 Å². The Balaban J connectivity index is 1.64. The normalized spacial score (nSPS) is 34.5. The third-order valence-corrected chi connectivity index (χ3v) is 5.19. The molecular formula is C17H33NO2. The van der Waals surface area contributed by atoms with Gasteiger partial charge in [0.25, 0.3) is 0 Å². The second-order valence-corrected chi connectivity index (χ2v) is 6.74. The molecule has 2 fully saturated rings. The van der Waals surface area contributed by atoms with Crippen molar-refractivity contribution in [2.45, 2.75) is 82.8 Å². The second kappa shape index (κ2) is 8.35. The van der Waals surface area contributed by atoms with Crippen molar-refractivity contribution in [2.24, 2.45) is 11.7 Å². The first kappa shape index (κ1) is 16.3. The van der Waals surface area contributed by atoms with Crippen LogP contribution in [0.25, 0.3) is 0 Å². The average Bonchev–Trinajstić information content (AvgIpc) is 2.99. The first-order valence-corrected chi connectivity index (χ1v) is 8.73. The number of nitrogens with two attached hydrogens (primary N) is 1. The van der Waals surface area contributed by atoms with Crippen LogP contribution in [0.15, 0.2) is 0 Å². The zero-order chi connectivity index (χ0) is 14.3. The van der Waals surface area contributed by atoms with E-state index in [0.717, 1.165) is 44.8 Å². The summed E-state index contributed by atoms with van der Waals surface area (Å²) in [5.41, 5.74) is 6.00. The molecule has 118 valence electrons. The number of hydrogen-bond donors (Lipinski definition) is 1. The topological polar surface area (TPSA) is 44.5 Å². The van der Waals surface area contributed by atoms with Gasteiger partial charge in [-0.15, -0.1) is 0 Å². The summed E-state index contributed by atoms with van der Waals surface area (Å²) in [5.74, 6) is 0.912. The molecule has 1 unspecified atom stereocenters. The average molecular weight is 283 g/mol. The summed E-state index contributed by atoms with van der Waals surface area (Å²) in [5, 5.41) is 0. The van der Waals surface area contributed by atoms with Crippen molar-refractivity contribution >= 4 is 0 Å². The molecule has 1 aliphatic heterocycles. The van der Waals surface area contributed by atoms with Gasteiger partial charge in [0, 0.05) is 19.8 Å². The van der Waals surface area contributed by atoms with Gasteiger partial charge in [0.1, 0.15) is 0 Å². The van der Waals surface area contributed by atoms with E-state index in [9.17, 15) is 0 Å². The molecule has 1 atom stereocenters. The summed E-state index contributed by atoms with van der Waals surface area (Å²) >= 11 is 0. The zero-order valence-corrected chi connectivity index (χ0v) is 13.2. The van der Waals surface area contributed by atoms with Crippen LogP contribution in [0.3, 0.4) is 0 Å². The van der Waals surface area contributed by atoms with Crippen LogP contribution in [0, 0.1) is 5.92 Å². The van der Waals surface area contributed by atoms with Crippen molar-refractivity contribution < 1.29 is 9.47 Å². The first-order valence-electron chi connectivity index (χ1n) is 8.73. The zero-order valence-electron chi connectivity index (χ0n) is 13.2. The van der Waals surface area contributed by atoms with Crippen LogP contribution in [0.2, 0.25) is 0 Å². The maximum Gasteiger partial charge on any atom is 0.0804 e. The Labute approximate surface area is 124 Å². The fourth-order valence-corrected chi connectivity index (χ4v) is 3.78. The molecule has 0 aromatic rings. The minimum atomic E-state index is -0.0131. The summed E-state index contributed by atoms with van der Waals surface area (Å²) in [6.07, 6.45) is 12.8. The monoisotopic (exact) mass is 283 g/mol. The Kier molecular flexibility index (Phi) is 6.79. The molecule has 20 heavy (non-hydrogen) atoms. The van der Waals surface area contributed by atoms with Crippen LogP contribution in [-0.4, -0.2) is 31.5 Å². The summed E-state index contributed by atoms with van der Waals surface area (Å²) in [6.45, 7) is 4.78. The quantitative estimate of drug-likeness (QED) is 0.692. The van der Waals surface area contributed by atoms with Gasteiger partial charge in [-0.25, -0.2) is 0 Å². The summed E-state index contributed by atoms with van der Waals surface area (Å²) in [6, 6.07) is 0. The van der Waals surface area contributed by atoms with Gasteiger partial charge >= 0.3 is 0 Å². The third kappa shape index (κ3) is 4.71. The van der Waals surface area contributed by atoms with Gasteiger partial charge in [0.15, 0.2) is 0 Å². The largest absolute Gasteiger partial charge is 0.378 e. The van der Waals surface area contributed by atoms with E-state index in [1.807, 2.05) is 0 Å². The SMILES string of the molecule is CCCC1CCC(CN)(OCCCC2CCCO2)CC1. The number of hydrogen-bond acceptors (Lipinski definition) is 3. The molecule has 1 heterocycles. The predicted octanol–water partition coefficient (Wildman–Crippen LogP) is 3.65. The van der Waals surface area contributed by atoms with Crippen LogP contribution in [0.1, 0.15) is 71.1 Å². The molecule has 3 nitrogen and oxygen atoms in total. The van der Waals surface area contributed by atoms with Crippen LogP contribution in [-0.2, 0) is 9.47 Å². The summed E-state index contributed by atoms with van der Waals surface area (Å²) in [4.78, 5) is 0. The molecule has 1 saturated carbocycles. The smallest absolute Gasteiger partial charge is 0.0804 e. The molecule has 0 radical (unpaired) electrons. The number of rotatable bonds is 8. The van der Waals surface area contributed by atoms with Crippen LogP contribution < -0.4 is 5.73 Å². The lowest BCUT2D eigenvalue weighted by molar-refractivity contribution is -0.0749. The highest BCUT2D eigenvalue weighted by atomic mass is 16.5.